The monoisotopic (exact) mass is 400 g/mol. The minimum atomic E-state index is -1.06. The molecule has 0 bridgehead atoms. The van der Waals surface area contributed by atoms with Crippen molar-refractivity contribution in [2.45, 2.75) is 31.9 Å². The lowest BCUT2D eigenvalue weighted by molar-refractivity contribution is -0.157. The van der Waals surface area contributed by atoms with Gasteiger partial charge in [-0.1, -0.05) is 24.3 Å². The summed E-state index contributed by atoms with van der Waals surface area (Å²) in [6.07, 6.45) is -1.20. The van der Waals surface area contributed by atoms with E-state index in [9.17, 15) is 18.8 Å². The molecule has 1 aliphatic rings. The third-order valence-corrected chi connectivity index (χ3v) is 4.65. The maximum atomic E-state index is 13.4. The largest absolute Gasteiger partial charge is 0.496 e. The fourth-order valence-corrected chi connectivity index (χ4v) is 3.13. The van der Waals surface area contributed by atoms with Crippen LogP contribution in [0.5, 0.6) is 5.75 Å². The van der Waals surface area contributed by atoms with E-state index < -0.39 is 35.6 Å². The highest BCUT2D eigenvalue weighted by atomic mass is 19.1. The van der Waals surface area contributed by atoms with Crippen molar-refractivity contribution in [3.8, 4) is 5.75 Å². The van der Waals surface area contributed by atoms with Crippen LogP contribution in [0.15, 0.2) is 42.5 Å². The zero-order chi connectivity index (χ0) is 21.0. The first kappa shape index (κ1) is 20.3. The van der Waals surface area contributed by atoms with Gasteiger partial charge in [0, 0.05) is 24.2 Å². The fourth-order valence-electron chi connectivity index (χ4n) is 3.13. The van der Waals surface area contributed by atoms with Gasteiger partial charge in [0.05, 0.1) is 13.0 Å². The number of amides is 2. The Labute approximate surface area is 167 Å². The van der Waals surface area contributed by atoms with Gasteiger partial charge >= 0.3 is 5.97 Å². The Bertz CT molecular complexity index is 946. The van der Waals surface area contributed by atoms with Crippen molar-refractivity contribution in [3.05, 3.63) is 59.4 Å². The molecule has 1 heterocycles. The number of para-hydroxylation sites is 1. The van der Waals surface area contributed by atoms with Crippen molar-refractivity contribution in [1.29, 1.82) is 0 Å². The summed E-state index contributed by atoms with van der Waals surface area (Å²) in [5.41, 5.74) is 1.47. The maximum Gasteiger partial charge on any atom is 0.314 e. The number of carbonyl (C=O) groups excluding carboxylic acids is 3. The molecule has 152 valence electrons. The highest BCUT2D eigenvalue weighted by molar-refractivity contribution is 6.00. The van der Waals surface area contributed by atoms with Crippen LogP contribution in [0.1, 0.15) is 30.4 Å². The molecule has 2 aromatic carbocycles. The van der Waals surface area contributed by atoms with Crippen molar-refractivity contribution in [2.75, 3.05) is 12.4 Å². The second-order valence-corrected chi connectivity index (χ2v) is 6.65. The minimum Gasteiger partial charge on any atom is -0.496 e. The number of carbonyl (C=O) groups is 3. The Balaban J connectivity index is 1.63. The maximum absolute atomic E-state index is 13.4. The molecule has 8 heteroatoms. The molecule has 0 aliphatic carbocycles. The first-order valence-corrected chi connectivity index (χ1v) is 9.08. The van der Waals surface area contributed by atoms with Gasteiger partial charge in [0.15, 0.2) is 6.10 Å². The number of nitrogens with one attached hydrogen (secondary N) is 2. The number of methoxy groups -OCH3 is 1. The third kappa shape index (κ3) is 4.71. The number of rotatable bonds is 6. The van der Waals surface area contributed by atoms with Gasteiger partial charge in [-0.2, -0.15) is 0 Å². The first-order chi connectivity index (χ1) is 13.9. The molecule has 3 rings (SSSR count). The molecule has 2 atom stereocenters. The molecule has 2 amide bonds. The number of benzene rings is 2. The van der Waals surface area contributed by atoms with Crippen LogP contribution in [0.2, 0.25) is 0 Å². The molecule has 2 N–H and O–H groups in total. The number of halogens is 1. The van der Waals surface area contributed by atoms with E-state index in [1.807, 2.05) is 18.2 Å². The van der Waals surface area contributed by atoms with Crippen LogP contribution in [-0.2, 0) is 25.7 Å². The van der Waals surface area contributed by atoms with Gasteiger partial charge in [-0.15, -0.1) is 0 Å². The van der Waals surface area contributed by atoms with Crippen LogP contribution < -0.4 is 15.4 Å². The molecule has 0 unspecified atom stereocenters. The van der Waals surface area contributed by atoms with Gasteiger partial charge in [-0.05, 0) is 30.7 Å². The number of anilines is 1. The van der Waals surface area contributed by atoms with Gasteiger partial charge < -0.3 is 20.1 Å². The molecule has 29 heavy (non-hydrogen) atoms. The number of esters is 1. The average Bonchev–Trinajstić information content (AvgIpc) is 2.71. The van der Waals surface area contributed by atoms with Crippen LogP contribution in [0, 0.1) is 5.82 Å². The van der Waals surface area contributed by atoms with Crippen LogP contribution >= 0.6 is 0 Å². The standard InChI is InChI=1S/C21H21FN2O5/c1-12(20(26)23-11-13-5-3-4-6-18(13)28-2)29-21(27)16-10-19(25)24-17-9-14(22)7-8-15(16)17/h3-9,12,16H,10-11H2,1-2H3,(H,23,26)(H,24,25)/t12-,16-/m0/s1. The Kier molecular flexibility index (Phi) is 6.11. The van der Waals surface area contributed by atoms with E-state index in [2.05, 4.69) is 10.6 Å². The highest BCUT2D eigenvalue weighted by Crippen LogP contribution is 2.33. The molecule has 0 fully saturated rings. The van der Waals surface area contributed by atoms with Gasteiger partial charge in [0.25, 0.3) is 5.91 Å². The zero-order valence-electron chi connectivity index (χ0n) is 16.0. The van der Waals surface area contributed by atoms with E-state index >= 15 is 0 Å². The van der Waals surface area contributed by atoms with Crippen molar-refractivity contribution < 1.29 is 28.2 Å². The molecule has 0 radical (unpaired) electrons. The zero-order valence-corrected chi connectivity index (χ0v) is 16.0. The van der Waals surface area contributed by atoms with Gasteiger partial charge in [0.2, 0.25) is 5.91 Å². The molecule has 0 spiro atoms. The topological polar surface area (TPSA) is 93.7 Å². The summed E-state index contributed by atoms with van der Waals surface area (Å²) in [6, 6.07) is 11.0. The normalized spacial score (nSPS) is 16.2. The summed E-state index contributed by atoms with van der Waals surface area (Å²) in [4.78, 5) is 36.8. The molecule has 7 nitrogen and oxygen atoms in total. The van der Waals surface area contributed by atoms with E-state index in [0.29, 0.717) is 11.3 Å². The average molecular weight is 400 g/mol. The second kappa shape index (κ2) is 8.72. The predicted molar refractivity (Wildman–Crippen MR) is 103 cm³/mol. The van der Waals surface area contributed by atoms with E-state index in [0.717, 1.165) is 11.6 Å². The van der Waals surface area contributed by atoms with E-state index in [1.54, 1.807) is 6.07 Å². The number of ether oxygens (including phenoxy) is 2. The van der Waals surface area contributed by atoms with Crippen molar-refractivity contribution in [2.24, 2.45) is 0 Å². The third-order valence-electron chi connectivity index (χ3n) is 4.65. The summed E-state index contributed by atoms with van der Waals surface area (Å²) in [6.45, 7) is 1.66. The Morgan fingerprint density at radius 2 is 2.03 bits per heavy atom. The highest BCUT2D eigenvalue weighted by Gasteiger charge is 2.33. The van der Waals surface area contributed by atoms with Crippen molar-refractivity contribution in [3.63, 3.8) is 0 Å². The van der Waals surface area contributed by atoms with Gasteiger partial charge in [0.1, 0.15) is 11.6 Å². The SMILES string of the molecule is COc1ccccc1CNC(=O)[C@H](C)OC(=O)[C@H]1CC(=O)Nc2cc(F)ccc21. The molecule has 0 aromatic heterocycles. The van der Waals surface area contributed by atoms with Gasteiger partial charge in [-0.3, -0.25) is 14.4 Å². The minimum absolute atomic E-state index is 0.132. The van der Waals surface area contributed by atoms with Crippen molar-refractivity contribution in [1.82, 2.24) is 5.32 Å². The summed E-state index contributed by atoms with van der Waals surface area (Å²) in [5, 5.41) is 5.23. The molecule has 0 saturated heterocycles. The van der Waals surface area contributed by atoms with Crippen LogP contribution in [0.4, 0.5) is 10.1 Å². The summed E-state index contributed by atoms with van der Waals surface area (Å²) in [7, 11) is 1.54. The quantitative estimate of drug-likeness (QED) is 0.727. The molecule has 1 aliphatic heterocycles. The van der Waals surface area contributed by atoms with E-state index in [-0.39, 0.29) is 18.7 Å². The molecule has 0 saturated carbocycles. The number of fused-ring (bicyclic) bond motifs is 1. The fraction of sp³-hybridized carbons (Fsp3) is 0.286. The lowest BCUT2D eigenvalue weighted by atomic mass is 9.90. The number of hydrogen-bond donors (Lipinski definition) is 2. The second-order valence-electron chi connectivity index (χ2n) is 6.65. The van der Waals surface area contributed by atoms with Crippen LogP contribution in [0.25, 0.3) is 0 Å². The Morgan fingerprint density at radius 3 is 2.79 bits per heavy atom. The molecular formula is C21H21FN2O5. The Morgan fingerprint density at radius 1 is 1.28 bits per heavy atom. The predicted octanol–water partition coefficient (Wildman–Crippen LogP) is 2.51. The van der Waals surface area contributed by atoms with E-state index in [4.69, 9.17) is 9.47 Å². The summed E-state index contributed by atoms with van der Waals surface area (Å²) >= 11 is 0. The summed E-state index contributed by atoms with van der Waals surface area (Å²) in [5.74, 6) is -2.41. The van der Waals surface area contributed by atoms with Crippen molar-refractivity contribution >= 4 is 23.5 Å². The van der Waals surface area contributed by atoms with Gasteiger partial charge in [-0.25, -0.2) is 4.39 Å². The molecule has 2 aromatic rings. The van der Waals surface area contributed by atoms with Crippen LogP contribution in [0.3, 0.4) is 0 Å². The van der Waals surface area contributed by atoms with Crippen LogP contribution in [-0.4, -0.2) is 31.0 Å². The lowest BCUT2D eigenvalue weighted by Gasteiger charge is -2.25. The first-order valence-electron chi connectivity index (χ1n) is 9.08. The molecular weight excluding hydrogens is 379 g/mol. The smallest absolute Gasteiger partial charge is 0.314 e. The van der Waals surface area contributed by atoms with E-state index in [1.165, 1.54) is 26.2 Å². The Hall–Kier alpha value is -3.42. The summed E-state index contributed by atoms with van der Waals surface area (Å²) < 4.78 is 23.9. The lowest BCUT2D eigenvalue weighted by Crippen LogP contribution is -2.37. The number of hydrogen-bond acceptors (Lipinski definition) is 5.